The maximum Gasteiger partial charge on any atom is 0.230 e. The molecule has 3 N–H and O–H groups in total. The number of aromatic nitrogens is 4. The number of pyridine rings is 1. The molecule has 1 saturated heterocycles. The van der Waals surface area contributed by atoms with Gasteiger partial charge >= 0.3 is 0 Å². The average molecular weight is 475 g/mol. The molecule has 5 rings (SSSR count). The summed E-state index contributed by atoms with van der Waals surface area (Å²) < 4.78 is 6.99. The fourth-order valence-corrected chi connectivity index (χ4v) is 4.69. The molecule has 1 aliphatic heterocycles. The van der Waals surface area contributed by atoms with Crippen molar-refractivity contribution in [1.82, 2.24) is 25.2 Å². The third kappa shape index (κ3) is 4.76. The van der Waals surface area contributed by atoms with E-state index in [1.54, 1.807) is 0 Å². The number of nitrogens with one attached hydrogen (secondary N) is 1. The number of benzene rings is 2. The van der Waals surface area contributed by atoms with Gasteiger partial charge in [0.25, 0.3) is 0 Å². The Kier molecular flexibility index (Phi) is 6.46. The van der Waals surface area contributed by atoms with Crippen LogP contribution in [0.25, 0.3) is 33.5 Å². The van der Waals surface area contributed by atoms with Gasteiger partial charge in [-0.1, -0.05) is 59.8 Å². The van der Waals surface area contributed by atoms with Crippen molar-refractivity contribution in [3.05, 3.63) is 60.2 Å². The molecule has 8 nitrogen and oxygen atoms in total. The van der Waals surface area contributed by atoms with Crippen LogP contribution in [0.4, 0.5) is 0 Å². The minimum atomic E-state index is -0.0823. The first-order chi connectivity index (χ1) is 16.6. The van der Waals surface area contributed by atoms with Gasteiger partial charge in [-0.2, -0.15) is 0 Å². The topological polar surface area (TPSA) is 108 Å². The van der Waals surface area contributed by atoms with Gasteiger partial charge in [0.2, 0.25) is 11.1 Å². The number of para-hydroxylation sites is 1. The van der Waals surface area contributed by atoms with Crippen molar-refractivity contribution in [3.63, 3.8) is 0 Å². The number of hydrogen-bond acceptors (Lipinski definition) is 7. The van der Waals surface area contributed by atoms with E-state index in [-0.39, 0.29) is 17.8 Å². The number of ether oxygens (including phenoxy) is 1. The molecule has 34 heavy (non-hydrogen) atoms. The summed E-state index contributed by atoms with van der Waals surface area (Å²) in [6.07, 6.45) is 2.14. The summed E-state index contributed by atoms with van der Waals surface area (Å²) in [6, 6.07) is 18.1. The van der Waals surface area contributed by atoms with E-state index in [2.05, 4.69) is 46.7 Å². The largest absolute Gasteiger partial charge is 0.376 e. The van der Waals surface area contributed by atoms with E-state index in [1.807, 2.05) is 30.3 Å². The molecular weight excluding hydrogens is 448 g/mol. The molecule has 2 aromatic heterocycles. The Labute approximate surface area is 201 Å². The highest BCUT2D eigenvalue weighted by atomic mass is 32.2. The molecule has 9 heteroatoms. The van der Waals surface area contributed by atoms with E-state index in [0.29, 0.717) is 17.5 Å². The van der Waals surface area contributed by atoms with Gasteiger partial charge in [0.1, 0.15) is 0 Å². The second-order valence-corrected chi connectivity index (χ2v) is 9.28. The van der Waals surface area contributed by atoms with Crippen LogP contribution in [0.1, 0.15) is 18.4 Å². The van der Waals surface area contributed by atoms with E-state index in [9.17, 15) is 4.79 Å². The molecule has 0 spiro atoms. The first kappa shape index (κ1) is 22.4. The minimum Gasteiger partial charge on any atom is -0.376 e. The zero-order valence-electron chi connectivity index (χ0n) is 18.9. The monoisotopic (exact) mass is 474 g/mol. The highest BCUT2D eigenvalue weighted by molar-refractivity contribution is 7.99. The third-order valence-electron chi connectivity index (χ3n) is 5.85. The van der Waals surface area contributed by atoms with Crippen molar-refractivity contribution in [3.8, 4) is 22.6 Å². The Balaban J connectivity index is 1.39. The van der Waals surface area contributed by atoms with Crippen molar-refractivity contribution >= 4 is 28.6 Å². The predicted molar refractivity (Wildman–Crippen MR) is 134 cm³/mol. The Morgan fingerprint density at radius 1 is 1.21 bits per heavy atom. The van der Waals surface area contributed by atoms with Crippen molar-refractivity contribution in [2.75, 3.05) is 24.7 Å². The fraction of sp³-hybridized carbons (Fsp3) is 0.280. The molecule has 0 bridgehead atoms. The minimum absolute atomic E-state index is 0.0823. The van der Waals surface area contributed by atoms with Gasteiger partial charge in [-0.15, -0.1) is 10.2 Å². The van der Waals surface area contributed by atoms with Crippen LogP contribution >= 0.6 is 11.8 Å². The summed E-state index contributed by atoms with van der Waals surface area (Å²) in [5.74, 6) is 7.04. The molecule has 0 aliphatic carbocycles. The lowest BCUT2D eigenvalue weighted by Crippen LogP contribution is -2.33. The molecule has 174 valence electrons. The number of fused-ring (bicyclic) bond motifs is 1. The number of carbonyl (C=O) groups is 1. The Morgan fingerprint density at radius 2 is 2.03 bits per heavy atom. The molecule has 1 unspecified atom stereocenters. The van der Waals surface area contributed by atoms with Crippen LogP contribution in [0, 0.1) is 6.92 Å². The Morgan fingerprint density at radius 3 is 2.82 bits per heavy atom. The number of nitrogen functional groups attached to an aromatic ring is 1. The zero-order chi connectivity index (χ0) is 23.5. The highest BCUT2D eigenvalue weighted by Crippen LogP contribution is 2.32. The smallest absolute Gasteiger partial charge is 0.230 e. The van der Waals surface area contributed by atoms with Crippen molar-refractivity contribution in [2.45, 2.75) is 31.0 Å². The van der Waals surface area contributed by atoms with Gasteiger partial charge in [-0.3, -0.25) is 4.79 Å². The Hall–Kier alpha value is -3.43. The summed E-state index contributed by atoms with van der Waals surface area (Å²) >= 11 is 1.26. The van der Waals surface area contributed by atoms with Crippen LogP contribution in [0.5, 0.6) is 0 Å². The lowest BCUT2D eigenvalue weighted by atomic mass is 10.0. The van der Waals surface area contributed by atoms with Gasteiger partial charge < -0.3 is 15.9 Å². The van der Waals surface area contributed by atoms with Gasteiger partial charge in [-0.05, 0) is 31.9 Å². The zero-order valence-corrected chi connectivity index (χ0v) is 19.7. The maximum absolute atomic E-state index is 12.3. The van der Waals surface area contributed by atoms with Crippen LogP contribution in [-0.4, -0.2) is 50.8 Å². The van der Waals surface area contributed by atoms with Crippen LogP contribution in [0.15, 0.2) is 59.8 Å². The second kappa shape index (κ2) is 9.82. The van der Waals surface area contributed by atoms with E-state index in [1.165, 1.54) is 22.0 Å². The molecule has 1 atom stereocenters. The first-order valence-electron chi connectivity index (χ1n) is 11.3. The molecule has 1 amide bonds. The highest BCUT2D eigenvalue weighted by Gasteiger charge is 2.19. The number of nitrogens with two attached hydrogens (primary N) is 1. The first-order valence-corrected chi connectivity index (χ1v) is 12.3. The average Bonchev–Trinajstić information content (AvgIpc) is 3.51. The molecule has 4 aromatic rings. The molecule has 1 aliphatic rings. The summed E-state index contributed by atoms with van der Waals surface area (Å²) in [5, 5.41) is 12.9. The third-order valence-corrected chi connectivity index (χ3v) is 6.80. The van der Waals surface area contributed by atoms with Gasteiger partial charge in [0.15, 0.2) is 5.82 Å². The van der Waals surface area contributed by atoms with Gasteiger partial charge in [0.05, 0.1) is 23.1 Å². The number of rotatable bonds is 7. The lowest BCUT2D eigenvalue weighted by Gasteiger charge is -2.11. The molecule has 0 radical (unpaired) electrons. The lowest BCUT2D eigenvalue weighted by molar-refractivity contribution is -0.119. The normalized spacial score (nSPS) is 15.6. The SMILES string of the molecule is Cc1ccc(-c2cc(-c3nnc(SCC(=O)NCC4CCCO4)n3N)c3ccccc3n2)cc1. The number of hydrogen-bond donors (Lipinski definition) is 2. The fourth-order valence-electron chi connectivity index (χ4n) is 4.01. The van der Waals surface area contributed by atoms with Gasteiger partial charge in [0, 0.05) is 29.7 Å². The van der Waals surface area contributed by atoms with E-state index in [0.717, 1.165) is 47.2 Å². The number of amides is 1. The van der Waals surface area contributed by atoms with Crippen molar-refractivity contribution < 1.29 is 9.53 Å². The van der Waals surface area contributed by atoms with E-state index < -0.39 is 0 Å². The van der Waals surface area contributed by atoms with Crippen molar-refractivity contribution in [1.29, 1.82) is 0 Å². The molecule has 3 heterocycles. The molecule has 1 fully saturated rings. The molecular formula is C25H26N6O2S. The van der Waals surface area contributed by atoms with Crippen LogP contribution in [0.2, 0.25) is 0 Å². The summed E-state index contributed by atoms with van der Waals surface area (Å²) in [5.41, 5.74) is 4.72. The quantitative estimate of drug-likeness (QED) is 0.311. The van der Waals surface area contributed by atoms with E-state index >= 15 is 0 Å². The van der Waals surface area contributed by atoms with Crippen LogP contribution in [0.3, 0.4) is 0 Å². The maximum atomic E-state index is 12.3. The van der Waals surface area contributed by atoms with Crippen molar-refractivity contribution in [2.24, 2.45) is 0 Å². The number of thioether (sulfide) groups is 1. The summed E-state index contributed by atoms with van der Waals surface area (Å²) in [4.78, 5) is 17.1. The number of nitrogens with zero attached hydrogens (tertiary/aromatic N) is 4. The Bertz CT molecular complexity index is 1310. The summed E-state index contributed by atoms with van der Waals surface area (Å²) in [7, 11) is 0. The molecule has 2 aromatic carbocycles. The number of carbonyl (C=O) groups excluding carboxylic acids is 1. The number of aryl methyl sites for hydroxylation is 1. The van der Waals surface area contributed by atoms with E-state index in [4.69, 9.17) is 15.6 Å². The second-order valence-electron chi connectivity index (χ2n) is 8.34. The van der Waals surface area contributed by atoms with Crippen LogP contribution in [-0.2, 0) is 9.53 Å². The molecule has 0 saturated carbocycles. The summed E-state index contributed by atoms with van der Waals surface area (Å²) in [6.45, 7) is 3.36. The predicted octanol–water partition coefficient (Wildman–Crippen LogP) is 3.57. The van der Waals surface area contributed by atoms with Gasteiger partial charge in [-0.25, -0.2) is 9.66 Å². The van der Waals surface area contributed by atoms with Crippen LogP contribution < -0.4 is 11.2 Å². The standard InChI is InChI=1S/C25H26N6O2S/c1-16-8-10-17(11-9-16)22-13-20(19-6-2-3-7-21(19)28-22)24-29-30-25(31(24)26)34-15-23(32)27-14-18-5-4-12-33-18/h2-3,6-11,13,18H,4-5,12,14-15,26H2,1H3,(H,27,32).